The fraction of sp³-hybridized carbons (Fsp3) is 0.190. The van der Waals surface area contributed by atoms with Crippen LogP contribution in [0.25, 0.3) is 55.6 Å². The number of para-hydroxylation sites is 1. The summed E-state index contributed by atoms with van der Waals surface area (Å²) in [5.74, 6) is 7.14. The Hall–Kier alpha value is -3.83. The van der Waals surface area contributed by atoms with Crippen LogP contribution in [0.5, 0.6) is 0 Å². The van der Waals surface area contributed by atoms with E-state index in [4.69, 9.17) is 4.42 Å². The van der Waals surface area contributed by atoms with Crippen molar-refractivity contribution in [2.75, 3.05) is 0 Å². The number of aromatic nitrogens is 2. The molecule has 3 heterocycles. The summed E-state index contributed by atoms with van der Waals surface area (Å²) < 4.78 is 7.71. The molecule has 0 fully saturated rings. The molecule has 0 N–H and O–H groups in total. The molecule has 3 aromatic heterocycles. The van der Waals surface area contributed by atoms with Crippen molar-refractivity contribution in [1.82, 2.24) is 9.97 Å². The molecule has 0 saturated carbocycles. The normalized spacial score (nSPS) is 11.5. The van der Waals surface area contributed by atoms with Gasteiger partial charge in [0.25, 0.3) is 0 Å². The predicted molar refractivity (Wildman–Crippen MR) is 196 cm³/mol. The minimum Gasteiger partial charge on any atom is 0 e. The van der Waals surface area contributed by atoms with Gasteiger partial charge < -0.3 is 9.40 Å². The third kappa shape index (κ3) is 8.37. The monoisotopic (exact) mass is 855 g/mol. The average Bonchev–Trinajstić information content (AvgIpc) is 3.43. The Morgan fingerprint density at radius 3 is 2.19 bits per heavy atom. The molecule has 7 aromatic rings. The van der Waals surface area contributed by atoms with E-state index in [1.807, 2.05) is 48.8 Å². The van der Waals surface area contributed by atoms with Gasteiger partial charge in [-0.15, -0.1) is 23.8 Å². The Balaban J connectivity index is 0.000000217. The molecule has 47 heavy (non-hydrogen) atoms. The zero-order valence-corrected chi connectivity index (χ0v) is 32.4. The first kappa shape index (κ1) is 34.5. The molecule has 0 unspecified atom stereocenters. The summed E-state index contributed by atoms with van der Waals surface area (Å²) in [5, 5.41) is 2.21. The number of benzene rings is 4. The molecular weight excluding hydrogens is 813 g/mol. The van der Waals surface area contributed by atoms with E-state index in [0.717, 1.165) is 62.0 Å². The van der Waals surface area contributed by atoms with Gasteiger partial charge in [-0.25, -0.2) is 0 Å². The van der Waals surface area contributed by atoms with Crippen molar-refractivity contribution in [2.45, 2.75) is 44.5 Å². The number of furan rings is 1. The van der Waals surface area contributed by atoms with E-state index in [1.165, 1.54) is 9.96 Å². The fourth-order valence-electron chi connectivity index (χ4n) is 5.63. The van der Waals surface area contributed by atoms with Crippen LogP contribution in [0.1, 0.15) is 26.3 Å². The van der Waals surface area contributed by atoms with Crippen LogP contribution in [0, 0.1) is 17.5 Å². The number of hydrogen-bond acceptors (Lipinski definition) is 3. The summed E-state index contributed by atoms with van der Waals surface area (Å²) in [6, 6.07) is 44.0. The summed E-state index contributed by atoms with van der Waals surface area (Å²) in [7, 11) is 0. The van der Waals surface area contributed by atoms with Crippen LogP contribution in [0.2, 0.25) is 17.3 Å². The van der Waals surface area contributed by atoms with Crippen molar-refractivity contribution < 1.29 is 24.5 Å². The maximum atomic E-state index is 6.27. The first-order valence-electron chi connectivity index (χ1n) is 15.9. The van der Waals surface area contributed by atoms with E-state index in [2.05, 4.69) is 133 Å². The Kier molecular flexibility index (Phi) is 10.7. The molecule has 0 atom stereocenters. The van der Waals surface area contributed by atoms with Gasteiger partial charge in [0.1, 0.15) is 5.58 Å². The third-order valence-corrected chi connectivity index (χ3v) is 12.2. The van der Waals surface area contributed by atoms with E-state index in [0.29, 0.717) is 0 Å². The van der Waals surface area contributed by atoms with Crippen LogP contribution in [0.4, 0.5) is 0 Å². The van der Waals surface area contributed by atoms with Gasteiger partial charge in [-0.1, -0.05) is 86.3 Å². The van der Waals surface area contributed by atoms with Crippen LogP contribution in [-0.2, 0) is 26.5 Å². The molecule has 5 heteroatoms. The summed E-state index contributed by atoms with van der Waals surface area (Å²) >= 11 is -1.72. The Morgan fingerprint density at radius 1 is 0.723 bits per heavy atom. The molecule has 0 aliphatic rings. The number of nitrogens with zero attached hydrogens (tertiary/aromatic N) is 2. The molecule has 0 aliphatic heterocycles. The smallest absolute Gasteiger partial charge is 0 e. The quantitative estimate of drug-likeness (QED) is 0.128. The van der Waals surface area contributed by atoms with Gasteiger partial charge in [0.2, 0.25) is 0 Å². The Labute approximate surface area is 295 Å². The second-order valence-corrected chi connectivity index (χ2v) is 24.7. The van der Waals surface area contributed by atoms with E-state index in [9.17, 15) is 0 Å². The Bertz CT molecular complexity index is 2070. The van der Waals surface area contributed by atoms with Crippen LogP contribution in [0.15, 0.2) is 126 Å². The summed E-state index contributed by atoms with van der Waals surface area (Å²) in [6.07, 6.45) is 4.95. The van der Waals surface area contributed by atoms with Crippen LogP contribution in [-0.4, -0.2) is 23.2 Å². The van der Waals surface area contributed by atoms with Gasteiger partial charge >= 0.3 is 99.8 Å². The first-order valence-corrected chi connectivity index (χ1v) is 23.2. The van der Waals surface area contributed by atoms with Gasteiger partial charge in [-0.05, 0) is 29.2 Å². The summed E-state index contributed by atoms with van der Waals surface area (Å²) in [6.45, 7) is 6.77. The van der Waals surface area contributed by atoms with Gasteiger partial charge in [-0.2, -0.15) is 0 Å². The largest absolute Gasteiger partial charge is 0 e. The van der Waals surface area contributed by atoms with Crippen molar-refractivity contribution >= 4 is 39.6 Å². The molecule has 3 nitrogen and oxygen atoms in total. The zero-order chi connectivity index (χ0) is 32.3. The predicted octanol–water partition coefficient (Wildman–Crippen LogP) is 10.8. The average molecular weight is 854 g/mol. The van der Waals surface area contributed by atoms with Crippen molar-refractivity contribution in [3.8, 4) is 33.6 Å². The topological polar surface area (TPSA) is 38.9 Å². The van der Waals surface area contributed by atoms with Crippen LogP contribution < -0.4 is 4.40 Å². The standard InChI is InChI=1S/C28H24NO.C14H16GeN.Ir/c1-28(2,3)18-19-14-15-29-25(16-19)21-12-13-26-24(17-21)23-11-7-10-22(27(23)30-26)20-8-5-4-6-9-20;1-15(2,3)13-9-10-14(16-11-13)12-7-5-4-6-8-12;/h4-11,13-17H,18H2,1-3H3;4-7,9-11H,1-3H3;/q2*-1;. The third-order valence-electron chi connectivity index (χ3n) is 7.96. The minimum absolute atomic E-state index is 0. The molecule has 0 amide bonds. The van der Waals surface area contributed by atoms with Gasteiger partial charge in [0.15, 0.2) is 0 Å². The van der Waals surface area contributed by atoms with Crippen molar-refractivity contribution in [3.63, 3.8) is 0 Å². The van der Waals surface area contributed by atoms with E-state index < -0.39 is 13.3 Å². The first-order chi connectivity index (χ1) is 22.0. The molecule has 7 rings (SSSR count). The molecule has 239 valence electrons. The van der Waals surface area contributed by atoms with E-state index in [1.54, 1.807) is 0 Å². The second-order valence-electron chi connectivity index (χ2n) is 14.0. The molecule has 0 aliphatic carbocycles. The van der Waals surface area contributed by atoms with Gasteiger partial charge in [0.05, 0.1) is 5.58 Å². The zero-order valence-electron chi connectivity index (χ0n) is 27.9. The molecule has 4 aromatic carbocycles. The molecule has 0 bridgehead atoms. The molecular formula is C42H40GeIrN2O-2. The second kappa shape index (κ2) is 14.5. The number of hydrogen-bond donors (Lipinski definition) is 0. The SMILES string of the molecule is CC(C)(C)Cc1ccnc(-c2[c-]cc3oc4c(-c5ccccc5)cccc4c3c2)c1.[CH3][Ge]([CH3])([CH3])[c]1ccc(-c2[c-]cccc2)nc1.[Ir]. The summed E-state index contributed by atoms with van der Waals surface area (Å²) in [4.78, 5) is 9.15. The van der Waals surface area contributed by atoms with E-state index >= 15 is 0 Å². The maximum Gasteiger partial charge on any atom is 0 e. The molecule has 1 radical (unpaired) electrons. The Morgan fingerprint density at radius 2 is 1.51 bits per heavy atom. The number of pyridine rings is 2. The summed E-state index contributed by atoms with van der Waals surface area (Å²) in [5.41, 5.74) is 9.58. The van der Waals surface area contributed by atoms with Gasteiger partial charge in [-0.3, -0.25) is 0 Å². The fourth-order valence-corrected chi connectivity index (χ4v) is 7.80. The van der Waals surface area contributed by atoms with Gasteiger partial charge in [0, 0.05) is 37.3 Å². The number of fused-ring (bicyclic) bond motifs is 3. The van der Waals surface area contributed by atoms with Crippen molar-refractivity contribution in [1.29, 1.82) is 0 Å². The van der Waals surface area contributed by atoms with E-state index in [-0.39, 0.29) is 25.5 Å². The molecule has 0 saturated heterocycles. The minimum atomic E-state index is -1.72. The van der Waals surface area contributed by atoms with Crippen LogP contribution >= 0.6 is 0 Å². The van der Waals surface area contributed by atoms with Crippen molar-refractivity contribution in [2.24, 2.45) is 5.41 Å². The molecule has 0 spiro atoms. The number of rotatable bonds is 5. The van der Waals surface area contributed by atoms with Crippen molar-refractivity contribution in [3.05, 3.63) is 139 Å². The van der Waals surface area contributed by atoms with Crippen LogP contribution in [0.3, 0.4) is 0 Å². The maximum absolute atomic E-state index is 6.27.